The highest BCUT2D eigenvalue weighted by molar-refractivity contribution is 6.31. The first-order valence-corrected chi connectivity index (χ1v) is 5.77. The van der Waals surface area contributed by atoms with Gasteiger partial charge in [-0.1, -0.05) is 31.5 Å². The van der Waals surface area contributed by atoms with Gasteiger partial charge in [-0.3, -0.25) is 4.84 Å². The number of hydroxylamine groups is 1. The molecule has 0 radical (unpaired) electrons. The molecule has 2 amide bonds. The maximum atomic E-state index is 13.8. The minimum Gasteiger partial charge on any atom is -0.336 e. The van der Waals surface area contributed by atoms with E-state index in [1.54, 1.807) is 26.0 Å². The predicted molar refractivity (Wildman–Crippen MR) is 68.0 cm³/mol. The summed E-state index contributed by atoms with van der Waals surface area (Å²) in [5.74, 6) is -0.388. The molecule has 0 atom stereocenters. The third-order valence-electron chi connectivity index (χ3n) is 2.53. The van der Waals surface area contributed by atoms with Crippen LogP contribution in [0.2, 0.25) is 5.02 Å². The quantitative estimate of drug-likeness (QED) is 0.829. The van der Waals surface area contributed by atoms with Gasteiger partial charge < -0.3 is 5.32 Å². The molecule has 0 unspecified atom stereocenters. The van der Waals surface area contributed by atoms with Gasteiger partial charge in [-0.05, 0) is 12.1 Å². The van der Waals surface area contributed by atoms with Crippen molar-refractivity contribution in [3.63, 3.8) is 0 Å². The van der Waals surface area contributed by atoms with E-state index in [9.17, 15) is 9.18 Å². The van der Waals surface area contributed by atoms with Crippen LogP contribution in [-0.2, 0) is 10.3 Å². The van der Waals surface area contributed by atoms with Gasteiger partial charge in [-0.2, -0.15) is 0 Å². The molecule has 0 aliphatic rings. The number of hydrogen-bond acceptors (Lipinski definition) is 2. The van der Waals surface area contributed by atoms with Crippen LogP contribution in [0.15, 0.2) is 18.2 Å². The van der Waals surface area contributed by atoms with E-state index in [2.05, 4.69) is 15.6 Å². The van der Waals surface area contributed by atoms with Crippen molar-refractivity contribution in [1.29, 1.82) is 0 Å². The van der Waals surface area contributed by atoms with Crippen LogP contribution in [0.5, 0.6) is 0 Å². The van der Waals surface area contributed by atoms with Crippen LogP contribution in [0.25, 0.3) is 0 Å². The molecule has 1 rings (SSSR count). The summed E-state index contributed by atoms with van der Waals surface area (Å²) < 4.78 is 13.8. The Morgan fingerprint density at radius 3 is 2.72 bits per heavy atom. The largest absolute Gasteiger partial charge is 0.338 e. The Hall–Kier alpha value is -1.33. The van der Waals surface area contributed by atoms with Crippen molar-refractivity contribution in [3.8, 4) is 0 Å². The lowest BCUT2D eigenvalue weighted by Gasteiger charge is -2.27. The molecule has 1 aromatic rings. The molecule has 0 bridgehead atoms. The highest BCUT2D eigenvalue weighted by Gasteiger charge is 2.27. The van der Waals surface area contributed by atoms with Crippen molar-refractivity contribution in [2.45, 2.75) is 19.3 Å². The topological polar surface area (TPSA) is 50.4 Å². The molecule has 0 saturated carbocycles. The van der Waals surface area contributed by atoms with E-state index in [0.29, 0.717) is 10.6 Å². The van der Waals surface area contributed by atoms with Crippen molar-refractivity contribution >= 4 is 17.6 Å². The molecule has 0 aromatic heterocycles. The average molecular weight is 275 g/mol. The fourth-order valence-corrected chi connectivity index (χ4v) is 2.08. The molecule has 0 aliphatic carbocycles. The molecule has 18 heavy (non-hydrogen) atoms. The Morgan fingerprint density at radius 1 is 1.50 bits per heavy atom. The van der Waals surface area contributed by atoms with Gasteiger partial charge in [0.15, 0.2) is 0 Å². The summed E-state index contributed by atoms with van der Waals surface area (Å²) >= 11 is 6.00. The number of benzene rings is 1. The highest BCUT2D eigenvalue weighted by Crippen LogP contribution is 2.31. The van der Waals surface area contributed by atoms with E-state index in [-0.39, 0.29) is 12.4 Å². The number of nitrogens with one attached hydrogen (secondary N) is 2. The van der Waals surface area contributed by atoms with Crippen molar-refractivity contribution in [3.05, 3.63) is 34.6 Å². The number of amides is 2. The molecule has 0 saturated heterocycles. The Kier molecular flexibility index (Phi) is 4.93. The standard InChI is InChI=1S/C12H16ClFN2O2/c1-12(2,7-15-11(17)16-18-3)10-8(13)5-4-6-9(10)14/h4-6H,7H2,1-3H3,(H2,15,16,17). The van der Waals surface area contributed by atoms with Crippen LogP contribution < -0.4 is 10.8 Å². The van der Waals surface area contributed by atoms with Gasteiger partial charge >= 0.3 is 6.03 Å². The second-order valence-electron chi connectivity index (χ2n) is 4.47. The van der Waals surface area contributed by atoms with Crippen LogP contribution >= 0.6 is 11.6 Å². The molecule has 6 heteroatoms. The zero-order valence-electron chi connectivity index (χ0n) is 10.5. The maximum Gasteiger partial charge on any atom is 0.338 e. The van der Waals surface area contributed by atoms with Gasteiger partial charge in [0, 0.05) is 22.5 Å². The summed E-state index contributed by atoms with van der Waals surface area (Å²) in [4.78, 5) is 15.7. The minimum atomic E-state index is -0.631. The zero-order valence-corrected chi connectivity index (χ0v) is 11.3. The molecule has 0 heterocycles. The van der Waals surface area contributed by atoms with E-state index in [1.165, 1.54) is 13.2 Å². The van der Waals surface area contributed by atoms with E-state index in [0.717, 1.165) is 0 Å². The summed E-state index contributed by atoms with van der Waals surface area (Å²) in [6.45, 7) is 3.82. The Labute approximate surface area is 110 Å². The lowest BCUT2D eigenvalue weighted by Crippen LogP contribution is -2.42. The van der Waals surface area contributed by atoms with Gasteiger partial charge in [-0.15, -0.1) is 0 Å². The number of hydrogen-bond donors (Lipinski definition) is 2. The zero-order chi connectivity index (χ0) is 13.8. The number of urea groups is 1. The van der Waals surface area contributed by atoms with Crippen molar-refractivity contribution < 1.29 is 14.0 Å². The molecule has 0 spiro atoms. The molecular formula is C12H16ClFN2O2. The number of carbonyl (C=O) groups is 1. The maximum absolute atomic E-state index is 13.8. The minimum absolute atomic E-state index is 0.225. The second-order valence-corrected chi connectivity index (χ2v) is 4.88. The predicted octanol–water partition coefficient (Wildman–Crippen LogP) is 2.62. The summed E-state index contributed by atoms with van der Waals surface area (Å²) in [6, 6.07) is 4.02. The Morgan fingerprint density at radius 2 is 2.17 bits per heavy atom. The first-order chi connectivity index (χ1) is 8.38. The Balaban J connectivity index is 2.83. The fraction of sp³-hybridized carbons (Fsp3) is 0.417. The lowest BCUT2D eigenvalue weighted by atomic mass is 9.84. The average Bonchev–Trinajstić information content (AvgIpc) is 2.26. The van der Waals surface area contributed by atoms with E-state index in [1.807, 2.05) is 0 Å². The van der Waals surface area contributed by atoms with Crippen molar-refractivity contribution in [2.24, 2.45) is 0 Å². The van der Waals surface area contributed by atoms with Gasteiger partial charge in [0.1, 0.15) is 5.82 Å². The van der Waals surface area contributed by atoms with Gasteiger partial charge in [-0.25, -0.2) is 14.7 Å². The first kappa shape index (κ1) is 14.7. The van der Waals surface area contributed by atoms with Crippen LogP contribution in [-0.4, -0.2) is 19.7 Å². The number of rotatable bonds is 4. The number of halogens is 2. The van der Waals surface area contributed by atoms with Gasteiger partial charge in [0.2, 0.25) is 0 Å². The third kappa shape index (κ3) is 3.58. The van der Waals surface area contributed by atoms with Crippen LogP contribution in [0.3, 0.4) is 0 Å². The smallest absolute Gasteiger partial charge is 0.336 e. The molecule has 4 nitrogen and oxygen atoms in total. The molecule has 2 N–H and O–H groups in total. The molecule has 100 valence electrons. The monoisotopic (exact) mass is 274 g/mol. The molecule has 0 fully saturated rings. The van der Waals surface area contributed by atoms with Gasteiger partial charge in [0.05, 0.1) is 7.11 Å². The molecular weight excluding hydrogens is 259 g/mol. The lowest BCUT2D eigenvalue weighted by molar-refractivity contribution is 0.107. The van der Waals surface area contributed by atoms with Crippen LogP contribution in [0.4, 0.5) is 9.18 Å². The number of carbonyl (C=O) groups excluding carboxylic acids is 1. The van der Waals surface area contributed by atoms with E-state index < -0.39 is 11.4 Å². The summed E-state index contributed by atoms with van der Waals surface area (Å²) in [6.07, 6.45) is 0. The fourth-order valence-electron chi connectivity index (χ4n) is 1.66. The van der Waals surface area contributed by atoms with Crippen LogP contribution in [0, 0.1) is 5.82 Å². The van der Waals surface area contributed by atoms with Crippen molar-refractivity contribution in [1.82, 2.24) is 10.8 Å². The second kappa shape index (κ2) is 6.02. The first-order valence-electron chi connectivity index (χ1n) is 5.40. The Bertz CT molecular complexity index is 418. The SMILES string of the molecule is CONC(=O)NCC(C)(C)c1c(F)cccc1Cl. The van der Waals surface area contributed by atoms with E-state index >= 15 is 0 Å². The van der Waals surface area contributed by atoms with Crippen LogP contribution in [0.1, 0.15) is 19.4 Å². The summed E-state index contributed by atoms with van der Waals surface area (Å²) in [7, 11) is 1.33. The molecule has 1 aromatic carbocycles. The van der Waals surface area contributed by atoms with Gasteiger partial charge in [0.25, 0.3) is 0 Å². The summed E-state index contributed by atoms with van der Waals surface area (Å²) in [5, 5.41) is 2.92. The summed E-state index contributed by atoms with van der Waals surface area (Å²) in [5.41, 5.74) is 1.87. The van der Waals surface area contributed by atoms with E-state index in [4.69, 9.17) is 11.6 Å². The molecule has 0 aliphatic heterocycles. The van der Waals surface area contributed by atoms with Crippen molar-refractivity contribution in [2.75, 3.05) is 13.7 Å². The third-order valence-corrected chi connectivity index (χ3v) is 2.84. The highest BCUT2D eigenvalue weighted by atomic mass is 35.5. The normalized spacial score (nSPS) is 11.2.